The van der Waals surface area contributed by atoms with E-state index >= 15 is 0 Å². The van der Waals surface area contributed by atoms with Crippen molar-refractivity contribution in [1.29, 1.82) is 0 Å². The van der Waals surface area contributed by atoms with Crippen LogP contribution < -0.4 is 10.1 Å². The second-order valence-corrected chi connectivity index (χ2v) is 11.0. The molecule has 0 spiro atoms. The number of carboxylic acids is 1. The molecule has 214 valence electrons. The number of hydrogen-bond donors (Lipinski definition) is 2. The Hall–Kier alpha value is -4.04. The molecule has 0 unspecified atom stereocenters. The monoisotopic (exact) mass is 621 g/mol. The zero-order valence-corrected chi connectivity index (χ0v) is 25.0. The Bertz CT molecular complexity index is 1800. The molecule has 0 saturated carbocycles. The van der Waals surface area contributed by atoms with Crippen LogP contribution in [-0.2, 0) is 4.79 Å². The molecule has 1 atom stereocenters. The summed E-state index contributed by atoms with van der Waals surface area (Å²) in [6, 6.07) is 24.3. The Balaban J connectivity index is 1.55. The summed E-state index contributed by atoms with van der Waals surface area (Å²) in [5.41, 5.74) is 4.35. The summed E-state index contributed by atoms with van der Waals surface area (Å²) in [5, 5.41) is 19.6. The third kappa shape index (κ3) is 6.23. The van der Waals surface area contributed by atoms with Crippen molar-refractivity contribution in [1.82, 2.24) is 15.1 Å². The van der Waals surface area contributed by atoms with Crippen molar-refractivity contribution in [2.24, 2.45) is 0 Å². The molecule has 5 rings (SSSR count). The van der Waals surface area contributed by atoms with E-state index in [0.29, 0.717) is 31.9 Å². The molecule has 5 aromatic rings. The van der Waals surface area contributed by atoms with Crippen molar-refractivity contribution in [3.8, 4) is 28.3 Å². The fourth-order valence-electron chi connectivity index (χ4n) is 4.73. The van der Waals surface area contributed by atoms with Gasteiger partial charge in [0, 0.05) is 28.3 Å². The minimum absolute atomic E-state index is 0.0559. The van der Waals surface area contributed by atoms with Crippen molar-refractivity contribution < 1.29 is 19.4 Å². The fourth-order valence-corrected chi connectivity index (χ4v) is 5.43. The first-order valence-electron chi connectivity index (χ1n) is 13.1. The lowest BCUT2D eigenvalue weighted by molar-refractivity contribution is -0.136. The molecule has 0 saturated heterocycles. The van der Waals surface area contributed by atoms with Gasteiger partial charge in [-0.3, -0.25) is 14.3 Å². The standard InChI is InChI=1S/C32H26Cl3N3O4/c1-18(19-3-5-20(6-4-19)32(41)36-12-11-30(39)40)38-29(17-28(37-38)26-15-24(33)16-27(34)31(26)35)23-8-7-22-14-25(42-2)10-9-21(22)13-23/h3-10,13-18H,11-12H2,1-2H3,(H,36,41)(H,39,40)/t18-/m0/s1. The number of nitrogens with zero attached hydrogens (tertiary/aromatic N) is 2. The largest absolute Gasteiger partial charge is 0.497 e. The van der Waals surface area contributed by atoms with Crippen molar-refractivity contribution in [3.63, 3.8) is 0 Å². The van der Waals surface area contributed by atoms with E-state index in [1.54, 1.807) is 31.4 Å². The number of rotatable bonds is 9. The normalized spacial score (nSPS) is 11.8. The summed E-state index contributed by atoms with van der Waals surface area (Å²) in [7, 11) is 1.64. The lowest BCUT2D eigenvalue weighted by atomic mass is 10.0. The first-order valence-corrected chi connectivity index (χ1v) is 14.2. The van der Waals surface area contributed by atoms with Crippen LogP contribution in [0.15, 0.2) is 78.9 Å². The van der Waals surface area contributed by atoms with Crippen LogP contribution in [0.5, 0.6) is 5.75 Å². The number of hydrogen-bond acceptors (Lipinski definition) is 4. The predicted molar refractivity (Wildman–Crippen MR) is 167 cm³/mol. The molecule has 42 heavy (non-hydrogen) atoms. The Morgan fingerprint density at radius 2 is 1.67 bits per heavy atom. The Labute approximate surface area is 257 Å². The van der Waals surface area contributed by atoms with Crippen LogP contribution in [-0.4, -0.2) is 40.4 Å². The zero-order chi connectivity index (χ0) is 30.0. The molecular weight excluding hydrogens is 597 g/mol. The van der Waals surface area contributed by atoms with Gasteiger partial charge in [-0.25, -0.2) is 0 Å². The number of ether oxygens (including phenoxy) is 1. The van der Waals surface area contributed by atoms with E-state index in [2.05, 4.69) is 11.4 Å². The molecule has 0 bridgehead atoms. The van der Waals surface area contributed by atoms with Gasteiger partial charge in [0.15, 0.2) is 0 Å². The van der Waals surface area contributed by atoms with Crippen molar-refractivity contribution in [3.05, 3.63) is 105 Å². The van der Waals surface area contributed by atoms with Gasteiger partial charge in [-0.15, -0.1) is 0 Å². The molecule has 0 fully saturated rings. The van der Waals surface area contributed by atoms with Gasteiger partial charge in [-0.05, 0) is 71.8 Å². The third-order valence-electron chi connectivity index (χ3n) is 6.99. The Morgan fingerprint density at radius 1 is 0.952 bits per heavy atom. The fraction of sp³-hybridized carbons (Fsp3) is 0.156. The number of benzene rings is 4. The van der Waals surface area contributed by atoms with Crippen molar-refractivity contribution in [2.75, 3.05) is 13.7 Å². The molecule has 2 N–H and O–H groups in total. The van der Waals surface area contributed by atoms with Gasteiger partial charge >= 0.3 is 5.97 Å². The van der Waals surface area contributed by atoms with Gasteiger partial charge in [0.1, 0.15) is 5.75 Å². The smallest absolute Gasteiger partial charge is 0.305 e. The van der Waals surface area contributed by atoms with Crippen LogP contribution in [0, 0.1) is 0 Å². The van der Waals surface area contributed by atoms with Crippen LogP contribution in [0.1, 0.15) is 35.3 Å². The summed E-state index contributed by atoms with van der Waals surface area (Å²) in [6.45, 7) is 2.07. The topological polar surface area (TPSA) is 93.5 Å². The molecule has 1 aromatic heterocycles. The average molecular weight is 623 g/mol. The van der Waals surface area contributed by atoms with E-state index in [-0.39, 0.29) is 24.9 Å². The molecule has 0 aliphatic heterocycles. The van der Waals surface area contributed by atoms with E-state index in [1.165, 1.54) is 0 Å². The highest BCUT2D eigenvalue weighted by molar-refractivity contribution is 6.45. The highest BCUT2D eigenvalue weighted by atomic mass is 35.5. The maximum absolute atomic E-state index is 12.4. The zero-order valence-electron chi connectivity index (χ0n) is 22.7. The van der Waals surface area contributed by atoms with Gasteiger partial charge in [-0.2, -0.15) is 5.10 Å². The number of halogens is 3. The average Bonchev–Trinajstić information content (AvgIpc) is 3.43. The maximum atomic E-state index is 12.4. The predicted octanol–water partition coefficient (Wildman–Crippen LogP) is 8.15. The number of carbonyl (C=O) groups excluding carboxylic acids is 1. The number of methoxy groups -OCH3 is 1. The molecule has 0 radical (unpaired) electrons. The number of aliphatic carboxylic acids is 1. The van der Waals surface area contributed by atoms with E-state index in [4.69, 9.17) is 49.7 Å². The minimum atomic E-state index is -0.971. The number of nitrogens with one attached hydrogen (secondary N) is 1. The molecule has 4 aromatic carbocycles. The maximum Gasteiger partial charge on any atom is 0.305 e. The van der Waals surface area contributed by atoms with Crippen LogP contribution in [0.3, 0.4) is 0 Å². The van der Waals surface area contributed by atoms with Crippen LogP contribution in [0.2, 0.25) is 15.1 Å². The molecule has 10 heteroatoms. The highest BCUT2D eigenvalue weighted by Gasteiger charge is 2.21. The molecular formula is C32H26Cl3N3O4. The quantitative estimate of drug-likeness (QED) is 0.162. The Kier molecular flexibility index (Phi) is 8.73. The van der Waals surface area contributed by atoms with Crippen LogP contribution >= 0.6 is 34.8 Å². The van der Waals surface area contributed by atoms with Crippen LogP contribution in [0.4, 0.5) is 0 Å². The van der Waals surface area contributed by atoms with Gasteiger partial charge in [0.2, 0.25) is 0 Å². The number of amides is 1. The molecule has 1 heterocycles. The number of fused-ring (bicyclic) bond motifs is 1. The van der Waals surface area contributed by atoms with Gasteiger partial charge in [0.25, 0.3) is 5.91 Å². The van der Waals surface area contributed by atoms with E-state index in [9.17, 15) is 9.59 Å². The lowest BCUT2D eigenvalue weighted by Crippen LogP contribution is -2.26. The third-order valence-corrected chi connectivity index (χ3v) is 8.01. The Morgan fingerprint density at radius 3 is 2.38 bits per heavy atom. The van der Waals surface area contributed by atoms with E-state index in [1.807, 2.05) is 60.1 Å². The van der Waals surface area contributed by atoms with E-state index < -0.39 is 5.97 Å². The highest BCUT2D eigenvalue weighted by Crippen LogP contribution is 2.39. The van der Waals surface area contributed by atoms with Crippen molar-refractivity contribution >= 4 is 57.5 Å². The molecule has 0 aliphatic carbocycles. The SMILES string of the molecule is COc1ccc2cc(-c3cc(-c4cc(Cl)cc(Cl)c4Cl)nn3[C@@H](C)c3ccc(C(=O)NCCC(=O)O)cc3)ccc2c1. The minimum Gasteiger partial charge on any atom is -0.497 e. The van der Waals surface area contributed by atoms with Crippen molar-refractivity contribution in [2.45, 2.75) is 19.4 Å². The molecule has 7 nitrogen and oxygen atoms in total. The first-order chi connectivity index (χ1) is 20.1. The van der Waals surface area contributed by atoms with Gasteiger partial charge in [0.05, 0.1) is 41.0 Å². The molecule has 1 amide bonds. The number of carbonyl (C=O) groups is 2. The number of aromatic nitrogens is 2. The van der Waals surface area contributed by atoms with E-state index in [0.717, 1.165) is 33.3 Å². The van der Waals surface area contributed by atoms with Gasteiger partial charge in [-0.1, -0.05) is 65.1 Å². The second-order valence-electron chi connectivity index (χ2n) is 9.73. The molecule has 0 aliphatic rings. The summed E-state index contributed by atoms with van der Waals surface area (Å²) >= 11 is 19.3. The number of carboxylic acid groups (broad SMARTS) is 1. The lowest BCUT2D eigenvalue weighted by Gasteiger charge is -2.17. The first kappa shape index (κ1) is 29.5. The second kappa shape index (κ2) is 12.4. The summed E-state index contributed by atoms with van der Waals surface area (Å²) in [6.07, 6.45) is -0.143. The summed E-state index contributed by atoms with van der Waals surface area (Å²) < 4.78 is 7.28. The summed E-state index contributed by atoms with van der Waals surface area (Å²) in [4.78, 5) is 23.2. The summed E-state index contributed by atoms with van der Waals surface area (Å²) in [5.74, 6) is -0.526. The van der Waals surface area contributed by atoms with Crippen LogP contribution in [0.25, 0.3) is 33.3 Å². The van der Waals surface area contributed by atoms with Gasteiger partial charge < -0.3 is 15.2 Å².